The molecule has 1 atom stereocenters. The molecule has 2 amide bonds. The third-order valence-electron chi connectivity index (χ3n) is 6.69. The maximum atomic E-state index is 13.9. The first kappa shape index (κ1) is 20.9. The molecule has 0 bridgehead atoms. The zero-order chi connectivity index (χ0) is 22.5. The minimum atomic E-state index is -1.10. The van der Waals surface area contributed by atoms with Crippen LogP contribution in [-0.4, -0.2) is 42.2 Å². The van der Waals surface area contributed by atoms with Crippen molar-refractivity contribution in [1.29, 1.82) is 0 Å². The highest BCUT2D eigenvalue weighted by Gasteiger charge is 2.49. The zero-order valence-electron chi connectivity index (χ0n) is 18.5. The van der Waals surface area contributed by atoms with Crippen molar-refractivity contribution >= 4 is 39.1 Å². The number of fused-ring (bicyclic) bond motifs is 3. The molecule has 7 nitrogen and oxygen atoms in total. The number of rotatable bonds is 5. The Morgan fingerprint density at radius 1 is 1.12 bits per heavy atom. The van der Waals surface area contributed by atoms with Gasteiger partial charge in [0.1, 0.15) is 16.1 Å². The maximum Gasteiger partial charge on any atom is 0.275 e. The molecule has 0 spiro atoms. The molecule has 2 aliphatic rings. The summed E-state index contributed by atoms with van der Waals surface area (Å²) < 4.78 is 12.8. The van der Waals surface area contributed by atoms with E-state index in [2.05, 4.69) is 5.32 Å². The third kappa shape index (κ3) is 3.16. The average molecular weight is 454 g/mol. The first-order valence-electron chi connectivity index (χ1n) is 10.9. The lowest BCUT2D eigenvalue weighted by molar-refractivity contribution is -0.127. The van der Waals surface area contributed by atoms with Crippen molar-refractivity contribution in [2.24, 2.45) is 0 Å². The Labute approximate surface area is 190 Å². The SMILES string of the molecule is COc1ccc(N2C(=O)c3cc4ccsc4n3CC2(C)C(=O)NC2CCCC2)cc1OC. The van der Waals surface area contributed by atoms with Crippen LogP contribution in [0.4, 0.5) is 5.69 Å². The number of hydrogen-bond acceptors (Lipinski definition) is 5. The van der Waals surface area contributed by atoms with Crippen molar-refractivity contribution in [1.82, 2.24) is 9.88 Å². The molecule has 0 radical (unpaired) electrons. The zero-order valence-corrected chi connectivity index (χ0v) is 19.3. The Morgan fingerprint density at radius 2 is 1.88 bits per heavy atom. The van der Waals surface area contributed by atoms with Gasteiger partial charge in [-0.1, -0.05) is 12.8 Å². The predicted octanol–water partition coefficient (Wildman–Crippen LogP) is 4.20. The number of aromatic nitrogens is 1. The van der Waals surface area contributed by atoms with Gasteiger partial charge in [-0.3, -0.25) is 14.5 Å². The van der Waals surface area contributed by atoms with Crippen LogP contribution < -0.4 is 19.7 Å². The number of anilines is 1. The van der Waals surface area contributed by atoms with Gasteiger partial charge >= 0.3 is 0 Å². The van der Waals surface area contributed by atoms with E-state index in [9.17, 15) is 9.59 Å². The van der Waals surface area contributed by atoms with Crippen molar-refractivity contribution in [2.75, 3.05) is 19.1 Å². The molecule has 1 N–H and O–H groups in total. The lowest BCUT2D eigenvalue weighted by Crippen LogP contribution is -2.65. The molecule has 8 heteroatoms. The fourth-order valence-corrected chi connectivity index (χ4v) is 5.87. The number of benzene rings is 1. The third-order valence-corrected chi connectivity index (χ3v) is 7.64. The number of ether oxygens (including phenoxy) is 2. The van der Waals surface area contributed by atoms with E-state index >= 15 is 0 Å². The van der Waals surface area contributed by atoms with E-state index in [-0.39, 0.29) is 17.9 Å². The molecule has 0 saturated heterocycles. The molecule has 3 aromatic rings. The van der Waals surface area contributed by atoms with Crippen LogP contribution >= 0.6 is 11.3 Å². The number of nitrogens with zero attached hydrogens (tertiary/aromatic N) is 2. The van der Waals surface area contributed by atoms with Crippen molar-refractivity contribution in [3.8, 4) is 11.5 Å². The second kappa shape index (κ2) is 7.85. The Balaban J connectivity index is 1.63. The van der Waals surface area contributed by atoms with Gasteiger partial charge in [-0.25, -0.2) is 0 Å². The maximum absolute atomic E-state index is 13.9. The largest absolute Gasteiger partial charge is 0.493 e. The standard InChI is InChI=1S/C24H27N3O4S/c1-24(23(29)25-16-6-4-5-7-16)14-26-18(12-15-10-11-32-22(15)26)21(28)27(24)17-8-9-19(30-2)20(13-17)31-3/h8-13,16H,4-7,14H2,1-3H3,(H,25,29). The molecule has 1 aromatic carbocycles. The summed E-state index contributed by atoms with van der Waals surface area (Å²) >= 11 is 1.59. The van der Waals surface area contributed by atoms with Crippen molar-refractivity contribution in [3.05, 3.63) is 41.4 Å². The van der Waals surface area contributed by atoms with Crippen LogP contribution in [0, 0.1) is 0 Å². The van der Waals surface area contributed by atoms with Crippen molar-refractivity contribution in [2.45, 2.75) is 50.7 Å². The molecule has 3 heterocycles. The molecule has 2 aromatic heterocycles. The summed E-state index contributed by atoms with van der Waals surface area (Å²) in [6.07, 6.45) is 4.21. The molecular weight excluding hydrogens is 426 g/mol. The normalized spacial score (nSPS) is 21.1. The van der Waals surface area contributed by atoms with Crippen LogP contribution in [0.2, 0.25) is 0 Å². The molecule has 1 aliphatic heterocycles. The summed E-state index contributed by atoms with van der Waals surface area (Å²) in [7, 11) is 3.13. The van der Waals surface area contributed by atoms with Crippen LogP contribution in [0.25, 0.3) is 10.2 Å². The van der Waals surface area contributed by atoms with E-state index in [4.69, 9.17) is 9.47 Å². The molecule has 1 fully saturated rings. The summed E-state index contributed by atoms with van der Waals surface area (Å²) in [5, 5.41) is 6.26. The summed E-state index contributed by atoms with van der Waals surface area (Å²) in [4.78, 5) is 30.2. The van der Waals surface area contributed by atoms with Crippen LogP contribution in [-0.2, 0) is 11.3 Å². The fourth-order valence-electron chi connectivity index (χ4n) is 4.98. The highest BCUT2D eigenvalue weighted by molar-refractivity contribution is 7.16. The van der Waals surface area contributed by atoms with Gasteiger partial charge in [0.25, 0.3) is 5.91 Å². The summed E-state index contributed by atoms with van der Waals surface area (Å²) in [5.41, 5.74) is 0.0997. The summed E-state index contributed by atoms with van der Waals surface area (Å²) in [6, 6.07) is 9.42. The topological polar surface area (TPSA) is 72.8 Å². The quantitative estimate of drug-likeness (QED) is 0.629. The molecule has 32 heavy (non-hydrogen) atoms. The number of thiophene rings is 1. The van der Waals surface area contributed by atoms with Gasteiger partial charge in [0.05, 0.1) is 20.8 Å². The Hall–Kier alpha value is -3.00. The predicted molar refractivity (Wildman–Crippen MR) is 125 cm³/mol. The number of nitrogens with one attached hydrogen (secondary N) is 1. The van der Waals surface area contributed by atoms with Gasteiger partial charge in [-0.15, -0.1) is 11.3 Å². The van der Waals surface area contributed by atoms with E-state index in [1.54, 1.807) is 48.7 Å². The van der Waals surface area contributed by atoms with Gasteiger partial charge in [0.2, 0.25) is 5.91 Å². The highest BCUT2D eigenvalue weighted by Crippen LogP contribution is 2.40. The van der Waals surface area contributed by atoms with Gasteiger partial charge in [-0.2, -0.15) is 0 Å². The molecule has 168 valence electrons. The monoisotopic (exact) mass is 453 g/mol. The average Bonchev–Trinajstić information content (AvgIpc) is 3.52. The van der Waals surface area contributed by atoms with Gasteiger partial charge < -0.3 is 19.4 Å². The fraction of sp³-hybridized carbons (Fsp3) is 0.417. The number of carbonyl (C=O) groups is 2. The Kier molecular flexibility index (Phi) is 5.12. The summed E-state index contributed by atoms with van der Waals surface area (Å²) in [5.74, 6) is 0.757. The molecular formula is C24H27N3O4S. The van der Waals surface area contributed by atoms with Gasteiger partial charge in [0.15, 0.2) is 11.5 Å². The molecule has 5 rings (SSSR count). The van der Waals surface area contributed by atoms with Crippen molar-refractivity contribution < 1.29 is 19.1 Å². The Morgan fingerprint density at radius 3 is 2.59 bits per heavy atom. The number of amides is 2. The van der Waals surface area contributed by atoms with E-state index in [0.717, 1.165) is 35.9 Å². The van der Waals surface area contributed by atoms with Crippen molar-refractivity contribution in [3.63, 3.8) is 0 Å². The molecule has 1 unspecified atom stereocenters. The van der Waals surface area contributed by atoms with Crippen LogP contribution in [0.3, 0.4) is 0 Å². The first-order chi connectivity index (χ1) is 15.5. The van der Waals surface area contributed by atoms with Gasteiger partial charge in [0, 0.05) is 23.2 Å². The second-order valence-corrected chi connectivity index (χ2v) is 9.60. The second-order valence-electron chi connectivity index (χ2n) is 8.71. The Bertz CT molecular complexity index is 1190. The van der Waals surface area contributed by atoms with E-state index < -0.39 is 5.54 Å². The van der Waals surface area contributed by atoms with Gasteiger partial charge in [-0.05, 0) is 49.4 Å². The van der Waals surface area contributed by atoms with E-state index in [0.29, 0.717) is 29.4 Å². The number of methoxy groups -OCH3 is 2. The van der Waals surface area contributed by atoms with Crippen LogP contribution in [0.1, 0.15) is 43.1 Å². The number of carbonyl (C=O) groups excluding carboxylic acids is 2. The lowest BCUT2D eigenvalue weighted by atomic mass is 9.93. The first-order valence-corrected chi connectivity index (χ1v) is 11.8. The van der Waals surface area contributed by atoms with E-state index in [1.807, 2.05) is 29.0 Å². The highest BCUT2D eigenvalue weighted by atomic mass is 32.1. The minimum Gasteiger partial charge on any atom is -0.493 e. The summed E-state index contributed by atoms with van der Waals surface area (Å²) in [6.45, 7) is 2.24. The van der Waals surface area contributed by atoms with E-state index in [1.165, 1.54) is 0 Å². The smallest absolute Gasteiger partial charge is 0.275 e. The number of hydrogen-bond donors (Lipinski definition) is 1. The lowest BCUT2D eigenvalue weighted by Gasteiger charge is -2.44. The van der Waals surface area contributed by atoms with Crippen LogP contribution in [0.5, 0.6) is 11.5 Å². The van der Waals surface area contributed by atoms with Crippen LogP contribution in [0.15, 0.2) is 35.7 Å². The molecule has 1 saturated carbocycles. The molecule has 1 aliphatic carbocycles. The minimum absolute atomic E-state index is 0.128.